The number of nitrogens with one attached hydrogen (secondary N) is 2. The summed E-state index contributed by atoms with van der Waals surface area (Å²) in [5.74, 6) is 0.149. The fourth-order valence-corrected chi connectivity index (χ4v) is 3.78. The lowest BCUT2D eigenvalue weighted by molar-refractivity contribution is 0.0951. The van der Waals surface area contributed by atoms with Crippen LogP contribution < -0.4 is 14.8 Å². The Labute approximate surface area is 170 Å². The van der Waals surface area contributed by atoms with Crippen molar-refractivity contribution in [1.29, 1.82) is 0 Å². The molecule has 29 heavy (non-hydrogen) atoms. The Morgan fingerprint density at radius 1 is 0.931 bits per heavy atom. The zero-order valence-electron chi connectivity index (χ0n) is 16.2. The molecule has 0 aliphatic heterocycles. The molecular weight excluding hydrogens is 388 g/mol. The highest BCUT2D eigenvalue weighted by Crippen LogP contribution is 2.26. The molecule has 0 radical (unpaired) electrons. The van der Waals surface area contributed by atoms with Gasteiger partial charge in [0.1, 0.15) is 5.75 Å². The van der Waals surface area contributed by atoms with Crippen molar-refractivity contribution >= 4 is 21.6 Å². The molecule has 0 bridgehead atoms. The van der Waals surface area contributed by atoms with Crippen molar-refractivity contribution in [3.8, 4) is 5.75 Å². The molecule has 6 nitrogen and oxygen atoms in total. The van der Waals surface area contributed by atoms with Crippen molar-refractivity contribution in [2.45, 2.75) is 18.4 Å². The third-order valence-corrected chi connectivity index (χ3v) is 5.73. The van der Waals surface area contributed by atoms with Gasteiger partial charge in [0.15, 0.2) is 0 Å². The van der Waals surface area contributed by atoms with Crippen LogP contribution in [0, 0.1) is 6.92 Å². The Hall–Kier alpha value is -3.32. The Balaban J connectivity index is 1.68. The number of carbonyl (C=O) groups excluding carboxylic acids is 1. The number of methoxy groups -OCH3 is 1. The number of aryl methyl sites for hydroxylation is 1. The van der Waals surface area contributed by atoms with Crippen molar-refractivity contribution < 1.29 is 17.9 Å². The maximum atomic E-state index is 12.6. The summed E-state index contributed by atoms with van der Waals surface area (Å²) < 4.78 is 32.9. The number of benzene rings is 3. The zero-order chi connectivity index (χ0) is 20.9. The Bertz CT molecular complexity index is 1090. The van der Waals surface area contributed by atoms with Gasteiger partial charge < -0.3 is 10.1 Å². The Morgan fingerprint density at radius 3 is 2.24 bits per heavy atom. The van der Waals surface area contributed by atoms with Gasteiger partial charge in [-0.3, -0.25) is 9.52 Å². The van der Waals surface area contributed by atoms with Gasteiger partial charge in [0.2, 0.25) is 0 Å². The predicted octanol–water partition coefficient (Wildman–Crippen LogP) is 3.73. The molecule has 3 aromatic rings. The topological polar surface area (TPSA) is 84.5 Å². The lowest BCUT2D eigenvalue weighted by Crippen LogP contribution is -2.23. The first kappa shape index (κ1) is 20.4. The van der Waals surface area contributed by atoms with E-state index in [9.17, 15) is 13.2 Å². The van der Waals surface area contributed by atoms with E-state index < -0.39 is 10.0 Å². The molecule has 0 fully saturated rings. The molecule has 0 saturated carbocycles. The lowest BCUT2D eigenvalue weighted by Gasteiger charge is -2.12. The molecular formula is C22H22N2O4S. The first-order valence-electron chi connectivity index (χ1n) is 8.99. The summed E-state index contributed by atoms with van der Waals surface area (Å²) in [7, 11) is -2.34. The van der Waals surface area contributed by atoms with E-state index in [0.29, 0.717) is 23.5 Å². The van der Waals surface area contributed by atoms with E-state index >= 15 is 0 Å². The lowest BCUT2D eigenvalue weighted by atomic mass is 10.1. The number of amides is 1. The van der Waals surface area contributed by atoms with Crippen LogP contribution >= 0.6 is 0 Å². The minimum absolute atomic E-state index is 0.0542. The van der Waals surface area contributed by atoms with Crippen LogP contribution in [0.5, 0.6) is 5.75 Å². The quantitative estimate of drug-likeness (QED) is 0.622. The minimum Gasteiger partial charge on any atom is -0.495 e. The van der Waals surface area contributed by atoms with E-state index in [-0.39, 0.29) is 10.8 Å². The molecule has 0 saturated heterocycles. The average molecular weight is 410 g/mol. The third kappa shape index (κ3) is 5.14. The van der Waals surface area contributed by atoms with Gasteiger partial charge in [0.05, 0.1) is 17.7 Å². The average Bonchev–Trinajstić information content (AvgIpc) is 2.73. The van der Waals surface area contributed by atoms with Crippen LogP contribution in [0.25, 0.3) is 0 Å². The van der Waals surface area contributed by atoms with Crippen LogP contribution in [0.4, 0.5) is 5.69 Å². The first-order valence-corrected chi connectivity index (χ1v) is 10.5. The SMILES string of the molecule is COc1ccccc1NS(=O)(=O)c1ccc(C(=O)NCc2ccc(C)cc2)cc1. The van der Waals surface area contributed by atoms with Gasteiger partial charge >= 0.3 is 0 Å². The summed E-state index contributed by atoms with van der Waals surface area (Å²) in [6.07, 6.45) is 0. The number of sulfonamides is 1. The highest BCUT2D eigenvalue weighted by molar-refractivity contribution is 7.92. The van der Waals surface area contributed by atoms with Gasteiger partial charge in [0, 0.05) is 12.1 Å². The number of carbonyl (C=O) groups is 1. The molecule has 150 valence electrons. The van der Waals surface area contributed by atoms with Gasteiger partial charge in [-0.25, -0.2) is 8.42 Å². The summed E-state index contributed by atoms with van der Waals surface area (Å²) in [6.45, 7) is 2.40. The predicted molar refractivity (Wildman–Crippen MR) is 113 cm³/mol. The highest BCUT2D eigenvalue weighted by Gasteiger charge is 2.17. The maximum Gasteiger partial charge on any atom is 0.262 e. The van der Waals surface area contributed by atoms with Gasteiger partial charge in [-0.05, 0) is 48.9 Å². The molecule has 0 unspecified atom stereocenters. The molecule has 1 amide bonds. The zero-order valence-corrected chi connectivity index (χ0v) is 17.0. The van der Waals surface area contributed by atoms with E-state index in [1.807, 2.05) is 31.2 Å². The van der Waals surface area contributed by atoms with Crippen LogP contribution in [0.15, 0.2) is 77.7 Å². The fraction of sp³-hybridized carbons (Fsp3) is 0.136. The normalized spacial score (nSPS) is 11.0. The Kier molecular flexibility index (Phi) is 6.19. The number of ether oxygens (including phenoxy) is 1. The van der Waals surface area contributed by atoms with Crippen LogP contribution in [-0.4, -0.2) is 21.4 Å². The highest BCUT2D eigenvalue weighted by atomic mass is 32.2. The summed E-state index contributed by atoms with van der Waals surface area (Å²) in [4.78, 5) is 12.4. The van der Waals surface area contributed by atoms with Crippen LogP contribution in [0.2, 0.25) is 0 Å². The number of hydrogen-bond acceptors (Lipinski definition) is 4. The smallest absolute Gasteiger partial charge is 0.262 e. The van der Waals surface area contributed by atoms with E-state index in [4.69, 9.17) is 4.74 Å². The van der Waals surface area contributed by atoms with Gasteiger partial charge in [-0.1, -0.05) is 42.0 Å². The molecule has 0 heterocycles. The first-order chi connectivity index (χ1) is 13.9. The molecule has 0 aliphatic rings. The van der Waals surface area contributed by atoms with E-state index in [0.717, 1.165) is 11.1 Å². The molecule has 3 aromatic carbocycles. The van der Waals surface area contributed by atoms with Crippen LogP contribution in [0.1, 0.15) is 21.5 Å². The van der Waals surface area contributed by atoms with Gasteiger partial charge in [-0.2, -0.15) is 0 Å². The van der Waals surface area contributed by atoms with Crippen LogP contribution in [-0.2, 0) is 16.6 Å². The van der Waals surface area contributed by atoms with Gasteiger partial charge in [0.25, 0.3) is 15.9 Å². The van der Waals surface area contributed by atoms with Crippen molar-refractivity contribution in [3.63, 3.8) is 0 Å². The molecule has 0 spiro atoms. The monoisotopic (exact) mass is 410 g/mol. The number of anilines is 1. The standard InChI is InChI=1S/C22H22N2O4S/c1-16-7-9-17(10-8-16)15-23-22(25)18-11-13-19(14-12-18)29(26,27)24-20-5-3-4-6-21(20)28-2/h3-14,24H,15H2,1-2H3,(H,23,25). The molecule has 7 heteroatoms. The second-order valence-corrected chi connectivity index (χ2v) is 8.18. The fourth-order valence-electron chi connectivity index (χ4n) is 2.71. The molecule has 0 aliphatic carbocycles. The summed E-state index contributed by atoms with van der Waals surface area (Å²) in [5.41, 5.74) is 2.87. The van der Waals surface area contributed by atoms with E-state index in [1.165, 1.54) is 31.4 Å². The van der Waals surface area contributed by atoms with Crippen molar-refractivity contribution in [2.24, 2.45) is 0 Å². The summed E-state index contributed by atoms with van der Waals surface area (Å²) in [6, 6.07) is 20.4. The van der Waals surface area contributed by atoms with Crippen molar-refractivity contribution in [1.82, 2.24) is 5.32 Å². The number of hydrogen-bond donors (Lipinski definition) is 2. The largest absolute Gasteiger partial charge is 0.495 e. The van der Waals surface area contributed by atoms with Crippen molar-refractivity contribution in [2.75, 3.05) is 11.8 Å². The van der Waals surface area contributed by atoms with E-state index in [2.05, 4.69) is 10.0 Å². The summed E-state index contributed by atoms with van der Waals surface area (Å²) >= 11 is 0. The number of para-hydroxylation sites is 2. The van der Waals surface area contributed by atoms with Gasteiger partial charge in [-0.15, -0.1) is 0 Å². The molecule has 0 aromatic heterocycles. The number of rotatable bonds is 7. The maximum absolute atomic E-state index is 12.6. The molecule has 2 N–H and O–H groups in total. The minimum atomic E-state index is -3.81. The molecule has 3 rings (SSSR count). The van der Waals surface area contributed by atoms with E-state index in [1.54, 1.807) is 24.3 Å². The van der Waals surface area contributed by atoms with Crippen LogP contribution in [0.3, 0.4) is 0 Å². The summed E-state index contributed by atoms with van der Waals surface area (Å²) in [5, 5.41) is 2.83. The Morgan fingerprint density at radius 2 is 1.59 bits per heavy atom. The van der Waals surface area contributed by atoms with Crippen molar-refractivity contribution in [3.05, 3.63) is 89.5 Å². The molecule has 0 atom stereocenters. The second-order valence-electron chi connectivity index (χ2n) is 6.50. The second kappa shape index (κ2) is 8.79. The third-order valence-electron chi connectivity index (χ3n) is 4.35.